The van der Waals surface area contributed by atoms with E-state index >= 15 is 0 Å². The van der Waals surface area contributed by atoms with E-state index in [-0.39, 0.29) is 22.0 Å². The molecule has 1 atom stereocenters. The van der Waals surface area contributed by atoms with Crippen molar-refractivity contribution in [3.63, 3.8) is 0 Å². The number of hydrogen-bond donors (Lipinski definition) is 3. The topological polar surface area (TPSA) is 143 Å². The summed E-state index contributed by atoms with van der Waals surface area (Å²) < 4.78 is 68.1. The molecule has 2 aromatic carbocycles. The van der Waals surface area contributed by atoms with Crippen LogP contribution in [-0.4, -0.2) is 73.0 Å². The van der Waals surface area contributed by atoms with Crippen molar-refractivity contribution in [3.8, 4) is 5.75 Å². The van der Waals surface area contributed by atoms with Gasteiger partial charge in [0.05, 0.1) is 34.9 Å². The highest BCUT2D eigenvalue weighted by atomic mass is 35.5. The van der Waals surface area contributed by atoms with E-state index in [2.05, 4.69) is 20.0 Å². The van der Waals surface area contributed by atoms with Crippen LogP contribution in [0.2, 0.25) is 4.34 Å². The van der Waals surface area contributed by atoms with Crippen LogP contribution in [0.15, 0.2) is 58.8 Å². The van der Waals surface area contributed by atoms with E-state index in [1.807, 2.05) is 43.4 Å². The number of nitrogens with one attached hydrogen (secondary N) is 2. The number of thiophene rings is 1. The van der Waals surface area contributed by atoms with Crippen LogP contribution in [0.25, 0.3) is 10.9 Å². The molecule has 11 nitrogen and oxygen atoms in total. The fraction of sp³-hybridized carbons (Fsp3) is 0.321. The minimum atomic E-state index is -5.08. The molecule has 5 rings (SSSR count). The second-order valence-electron chi connectivity index (χ2n) is 10.0. The van der Waals surface area contributed by atoms with Gasteiger partial charge in [-0.3, -0.25) is 19.1 Å². The zero-order valence-electron chi connectivity index (χ0n) is 24.0. The first kappa shape index (κ1) is 34.0. The van der Waals surface area contributed by atoms with Gasteiger partial charge in [0.2, 0.25) is 5.91 Å². The molecule has 2 aromatic heterocycles. The number of aliphatic carboxylic acids is 1. The van der Waals surface area contributed by atoms with E-state index in [0.717, 1.165) is 41.9 Å². The number of carboxylic acid groups (broad SMARTS) is 1. The highest BCUT2D eigenvalue weighted by Gasteiger charge is 2.38. The SMILES string of the molecule is COc1cccc2c1c(NS(=O)(=O)c1ccc(Cl)s1)nn2Cc1cccc(CNC(=O)[C@H]2CCCN2C)c1.O=C(O)C(F)(F)F. The van der Waals surface area contributed by atoms with Crippen molar-refractivity contribution < 1.29 is 41.0 Å². The van der Waals surface area contributed by atoms with Crippen LogP contribution >= 0.6 is 22.9 Å². The molecule has 242 valence electrons. The number of halogens is 4. The molecule has 0 spiro atoms. The average Bonchev–Trinajstić information content (AvgIpc) is 3.71. The van der Waals surface area contributed by atoms with Crippen LogP contribution < -0.4 is 14.8 Å². The lowest BCUT2D eigenvalue weighted by molar-refractivity contribution is -0.192. The lowest BCUT2D eigenvalue weighted by Crippen LogP contribution is -2.41. The van der Waals surface area contributed by atoms with Crippen molar-refractivity contribution in [2.24, 2.45) is 0 Å². The number of methoxy groups -OCH3 is 1. The summed E-state index contributed by atoms with van der Waals surface area (Å²) in [6, 6.07) is 16.3. The maximum atomic E-state index is 13.0. The van der Waals surface area contributed by atoms with Crippen LogP contribution in [0.5, 0.6) is 5.75 Å². The molecule has 1 aliphatic heterocycles. The molecular weight excluding hydrogens is 659 g/mol. The smallest absolute Gasteiger partial charge is 0.490 e. The van der Waals surface area contributed by atoms with E-state index in [4.69, 9.17) is 26.2 Å². The number of likely N-dealkylation sites (tertiary alicyclic amines) is 1. The maximum Gasteiger partial charge on any atom is 0.490 e. The zero-order chi connectivity index (χ0) is 32.9. The predicted octanol–water partition coefficient (Wildman–Crippen LogP) is 4.95. The zero-order valence-corrected chi connectivity index (χ0v) is 26.4. The number of hydrogen-bond acceptors (Lipinski definition) is 8. The number of likely N-dealkylation sites (N-methyl/N-ethyl adjacent to an activating group) is 1. The van der Waals surface area contributed by atoms with Gasteiger partial charge in [-0.25, -0.2) is 13.2 Å². The van der Waals surface area contributed by atoms with Crippen molar-refractivity contribution in [3.05, 3.63) is 70.1 Å². The van der Waals surface area contributed by atoms with Gasteiger partial charge in [-0.15, -0.1) is 11.3 Å². The number of amides is 1. The monoisotopic (exact) mass is 687 g/mol. The van der Waals surface area contributed by atoms with Crippen molar-refractivity contribution in [1.82, 2.24) is 20.0 Å². The van der Waals surface area contributed by atoms with Crippen molar-refractivity contribution in [1.29, 1.82) is 0 Å². The number of ether oxygens (including phenoxy) is 1. The molecule has 0 aliphatic carbocycles. The number of alkyl halides is 3. The number of carboxylic acids is 1. The third kappa shape index (κ3) is 8.45. The van der Waals surface area contributed by atoms with Gasteiger partial charge in [-0.2, -0.15) is 18.3 Å². The standard InChI is InChI=1S/C26H28ClN5O4S2.C2HF3O2/c1-31-13-5-9-20(31)26(33)28-15-17-6-3-7-18(14-17)16-32-19-8-4-10-21(36-2)24(19)25(29-32)30-38(34,35)23-12-11-22(27)37-23;3-2(4,5)1(6)7/h3-4,6-8,10-12,14,20H,5,9,13,15-16H2,1-2H3,(H,28,33)(H,29,30);(H,6,7)/t20-;/m1./s1. The summed E-state index contributed by atoms with van der Waals surface area (Å²) in [5, 5.41) is 15.4. The van der Waals surface area contributed by atoms with Gasteiger partial charge >= 0.3 is 12.1 Å². The number of carbonyl (C=O) groups is 2. The minimum absolute atomic E-state index is 0.0459. The maximum absolute atomic E-state index is 13.0. The molecule has 1 aliphatic rings. The normalized spacial score (nSPS) is 15.4. The third-order valence-electron chi connectivity index (χ3n) is 6.86. The Labute approximate surface area is 265 Å². The van der Waals surface area contributed by atoms with E-state index in [1.165, 1.54) is 13.2 Å². The summed E-state index contributed by atoms with van der Waals surface area (Å²) in [4.78, 5) is 23.6. The lowest BCUT2D eigenvalue weighted by Gasteiger charge is -2.18. The quantitative estimate of drug-likeness (QED) is 0.224. The van der Waals surface area contributed by atoms with Crippen LogP contribution in [0, 0.1) is 0 Å². The molecule has 3 heterocycles. The van der Waals surface area contributed by atoms with Gasteiger partial charge in [0.15, 0.2) is 5.82 Å². The van der Waals surface area contributed by atoms with Gasteiger partial charge in [0.25, 0.3) is 10.0 Å². The number of anilines is 1. The predicted molar refractivity (Wildman–Crippen MR) is 163 cm³/mol. The second kappa shape index (κ2) is 14.1. The molecule has 1 fully saturated rings. The number of benzene rings is 2. The van der Waals surface area contributed by atoms with Crippen LogP contribution in [0.1, 0.15) is 24.0 Å². The van der Waals surface area contributed by atoms with E-state index < -0.39 is 22.2 Å². The first-order chi connectivity index (χ1) is 21.2. The Balaban J connectivity index is 0.000000591. The molecule has 1 amide bonds. The van der Waals surface area contributed by atoms with Gasteiger partial charge in [-0.05, 0) is 61.8 Å². The molecule has 0 unspecified atom stereocenters. The second-order valence-corrected chi connectivity index (χ2v) is 13.6. The fourth-order valence-electron chi connectivity index (χ4n) is 4.74. The molecule has 0 bridgehead atoms. The Morgan fingerprint density at radius 3 is 2.44 bits per heavy atom. The Morgan fingerprint density at radius 1 is 1.16 bits per heavy atom. The number of fused-ring (bicyclic) bond motifs is 1. The molecule has 3 N–H and O–H groups in total. The Bertz CT molecular complexity index is 1790. The Kier molecular flexibility index (Phi) is 10.6. The van der Waals surface area contributed by atoms with Crippen LogP contribution in [-0.2, 0) is 32.7 Å². The van der Waals surface area contributed by atoms with Crippen LogP contribution in [0.4, 0.5) is 19.0 Å². The molecule has 4 aromatic rings. The summed E-state index contributed by atoms with van der Waals surface area (Å²) in [6.07, 6.45) is -3.17. The van der Waals surface area contributed by atoms with E-state index in [9.17, 15) is 26.4 Å². The van der Waals surface area contributed by atoms with Crippen molar-refractivity contribution in [2.45, 2.75) is 42.4 Å². The molecule has 1 saturated heterocycles. The van der Waals surface area contributed by atoms with E-state index in [0.29, 0.717) is 34.1 Å². The number of carbonyl (C=O) groups excluding carboxylic acids is 1. The van der Waals surface area contributed by atoms with Crippen molar-refractivity contribution in [2.75, 3.05) is 25.4 Å². The van der Waals surface area contributed by atoms with Gasteiger partial charge < -0.3 is 15.2 Å². The summed E-state index contributed by atoms with van der Waals surface area (Å²) in [5.41, 5.74) is 2.65. The fourth-order valence-corrected chi connectivity index (χ4v) is 7.23. The third-order valence-corrected chi connectivity index (χ3v) is 9.92. The number of rotatable bonds is 9. The first-order valence-electron chi connectivity index (χ1n) is 13.4. The highest BCUT2D eigenvalue weighted by molar-refractivity contribution is 7.94. The summed E-state index contributed by atoms with van der Waals surface area (Å²) in [5.74, 6) is -2.04. The Hall–Kier alpha value is -3.86. The molecular formula is C28H29ClF3N5O6S2. The Morgan fingerprint density at radius 2 is 1.84 bits per heavy atom. The minimum Gasteiger partial charge on any atom is -0.496 e. The van der Waals surface area contributed by atoms with Gasteiger partial charge in [0.1, 0.15) is 9.96 Å². The summed E-state index contributed by atoms with van der Waals surface area (Å²) in [6.45, 7) is 1.76. The molecule has 0 radical (unpaired) electrons. The summed E-state index contributed by atoms with van der Waals surface area (Å²) >= 11 is 6.93. The average molecular weight is 688 g/mol. The van der Waals surface area contributed by atoms with Crippen molar-refractivity contribution >= 4 is 61.6 Å². The largest absolute Gasteiger partial charge is 0.496 e. The number of aromatic nitrogens is 2. The molecule has 0 saturated carbocycles. The van der Waals surface area contributed by atoms with E-state index in [1.54, 1.807) is 16.8 Å². The van der Waals surface area contributed by atoms with Crippen LogP contribution in [0.3, 0.4) is 0 Å². The number of sulfonamides is 1. The first-order valence-corrected chi connectivity index (χ1v) is 16.0. The molecule has 17 heteroatoms. The van der Waals surface area contributed by atoms with Gasteiger partial charge in [0, 0.05) is 6.54 Å². The summed E-state index contributed by atoms with van der Waals surface area (Å²) in [7, 11) is -0.383. The molecule has 45 heavy (non-hydrogen) atoms. The highest BCUT2D eigenvalue weighted by Crippen LogP contribution is 2.35. The van der Waals surface area contributed by atoms with Gasteiger partial charge in [-0.1, -0.05) is 41.9 Å². The lowest BCUT2D eigenvalue weighted by atomic mass is 10.1. The number of nitrogens with zero attached hydrogens (tertiary/aromatic N) is 3.